The van der Waals surface area contributed by atoms with Gasteiger partial charge in [-0.05, 0) is 41.7 Å². The van der Waals surface area contributed by atoms with Crippen molar-refractivity contribution in [2.45, 2.75) is 27.2 Å². The lowest BCUT2D eigenvalue weighted by Crippen LogP contribution is -1.96. The van der Waals surface area contributed by atoms with Gasteiger partial charge in [-0.25, -0.2) is 0 Å². The van der Waals surface area contributed by atoms with Gasteiger partial charge in [-0.2, -0.15) is 0 Å². The number of allylic oxidation sites excluding steroid dienone is 1. The first-order valence-corrected chi connectivity index (χ1v) is 6.07. The van der Waals surface area contributed by atoms with Crippen LogP contribution in [0.2, 0.25) is 0 Å². The molecule has 0 unspecified atom stereocenters. The molecular formula is C15H20O2. The predicted molar refractivity (Wildman–Crippen MR) is 71.1 cm³/mol. The number of rotatable bonds is 6. The van der Waals surface area contributed by atoms with Gasteiger partial charge in [0.2, 0.25) is 0 Å². The lowest BCUT2D eigenvalue weighted by atomic mass is 10.0. The van der Waals surface area contributed by atoms with Gasteiger partial charge in [0.25, 0.3) is 0 Å². The maximum absolute atomic E-state index is 10.9. The summed E-state index contributed by atoms with van der Waals surface area (Å²) >= 11 is 0. The first kappa shape index (κ1) is 13.5. The van der Waals surface area contributed by atoms with Gasteiger partial charge in [-0.1, -0.05) is 32.9 Å². The summed E-state index contributed by atoms with van der Waals surface area (Å²) in [7, 11) is 0. The smallest absolute Gasteiger partial charge is 0.146 e. The van der Waals surface area contributed by atoms with Crippen LogP contribution >= 0.6 is 0 Å². The first-order valence-electron chi connectivity index (χ1n) is 6.07. The zero-order valence-corrected chi connectivity index (χ0v) is 10.8. The SMILES string of the molecule is CCCOc1ccc(C=C(C=O)C(C)C)cc1. The van der Waals surface area contributed by atoms with E-state index in [1.807, 2.05) is 44.2 Å². The van der Waals surface area contributed by atoms with Crippen LogP contribution in [0.3, 0.4) is 0 Å². The van der Waals surface area contributed by atoms with Gasteiger partial charge in [-0.15, -0.1) is 0 Å². The molecule has 17 heavy (non-hydrogen) atoms. The van der Waals surface area contributed by atoms with Crippen LogP contribution in [-0.2, 0) is 4.79 Å². The van der Waals surface area contributed by atoms with Crippen molar-refractivity contribution in [3.63, 3.8) is 0 Å². The number of hydrogen-bond acceptors (Lipinski definition) is 2. The minimum absolute atomic E-state index is 0.253. The largest absolute Gasteiger partial charge is 0.494 e. The van der Waals surface area contributed by atoms with E-state index < -0.39 is 0 Å². The highest BCUT2D eigenvalue weighted by molar-refractivity contribution is 5.82. The first-order chi connectivity index (χ1) is 8.17. The lowest BCUT2D eigenvalue weighted by molar-refractivity contribution is -0.105. The highest BCUT2D eigenvalue weighted by atomic mass is 16.5. The molecule has 0 spiro atoms. The molecule has 2 nitrogen and oxygen atoms in total. The second kappa shape index (κ2) is 6.89. The van der Waals surface area contributed by atoms with E-state index in [0.717, 1.165) is 36.2 Å². The summed E-state index contributed by atoms with van der Waals surface area (Å²) in [5.74, 6) is 1.13. The van der Waals surface area contributed by atoms with E-state index >= 15 is 0 Å². The summed E-state index contributed by atoms with van der Waals surface area (Å²) in [6, 6.07) is 7.81. The Balaban J connectivity index is 2.76. The monoisotopic (exact) mass is 232 g/mol. The Hall–Kier alpha value is -1.57. The molecule has 1 rings (SSSR count). The van der Waals surface area contributed by atoms with E-state index in [2.05, 4.69) is 6.92 Å². The number of ether oxygens (including phenoxy) is 1. The third kappa shape index (κ3) is 4.43. The Morgan fingerprint density at radius 1 is 1.29 bits per heavy atom. The van der Waals surface area contributed by atoms with Crippen molar-refractivity contribution < 1.29 is 9.53 Å². The molecule has 1 aromatic rings. The zero-order valence-electron chi connectivity index (χ0n) is 10.8. The van der Waals surface area contributed by atoms with Crippen LogP contribution in [-0.4, -0.2) is 12.9 Å². The Bertz CT molecular complexity index is 374. The van der Waals surface area contributed by atoms with Crippen LogP contribution in [0, 0.1) is 5.92 Å². The van der Waals surface area contributed by atoms with Crippen LogP contribution in [0.5, 0.6) is 5.75 Å². The Morgan fingerprint density at radius 3 is 2.41 bits per heavy atom. The van der Waals surface area contributed by atoms with Gasteiger partial charge < -0.3 is 4.74 Å². The predicted octanol–water partition coefficient (Wildman–Crippen LogP) is 3.71. The number of aldehydes is 1. The molecule has 92 valence electrons. The molecule has 0 aliphatic heterocycles. The fourth-order valence-electron chi connectivity index (χ4n) is 1.41. The van der Waals surface area contributed by atoms with Crippen LogP contribution in [0.4, 0.5) is 0 Å². The quantitative estimate of drug-likeness (QED) is 0.552. The van der Waals surface area contributed by atoms with Crippen LogP contribution in [0.25, 0.3) is 6.08 Å². The molecule has 0 aliphatic carbocycles. The minimum atomic E-state index is 0.253. The second-order valence-electron chi connectivity index (χ2n) is 4.33. The molecule has 0 fully saturated rings. The minimum Gasteiger partial charge on any atom is -0.494 e. The topological polar surface area (TPSA) is 26.3 Å². The molecule has 0 saturated heterocycles. The molecule has 0 radical (unpaired) electrons. The number of carbonyl (C=O) groups excluding carboxylic acids is 1. The number of carbonyl (C=O) groups is 1. The van der Waals surface area contributed by atoms with E-state index in [1.165, 1.54) is 0 Å². The third-order valence-corrected chi connectivity index (χ3v) is 2.49. The summed E-state index contributed by atoms with van der Waals surface area (Å²) in [5.41, 5.74) is 1.84. The molecule has 0 aromatic heterocycles. The van der Waals surface area contributed by atoms with Crippen molar-refractivity contribution >= 4 is 12.4 Å². The van der Waals surface area contributed by atoms with Crippen LogP contribution < -0.4 is 4.74 Å². The molecule has 0 amide bonds. The molecule has 0 saturated carbocycles. The Morgan fingerprint density at radius 2 is 1.94 bits per heavy atom. The van der Waals surface area contributed by atoms with E-state index in [0.29, 0.717) is 0 Å². The fraction of sp³-hybridized carbons (Fsp3) is 0.400. The van der Waals surface area contributed by atoms with Crippen LogP contribution in [0.15, 0.2) is 29.8 Å². The maximum Gasteiger partial charge on any atom is 0.146 e. The van der Waals surface area contributed by atoms with Crippen molar-refractivity contribution in [1.82, 2.24) is 0 Å². The van der Waals surface area contributed by atoms with E-state index in [1.54, 1.807) is 0 Å². The standard InChI is InChI=1S/C15H20O2/c1-4-9-17-15-7-5-13(6-8-15)10-14(11-16)12(2)3/h5-8,10-12H,4,9H2,1-3H3. The summed E-state index contributed by atoms with van der Waals surface area (Å²) in [4.78, 5) is 10.9. The van der Waals surface area contributed by atoms with Gasteiger partial charge in [0.15, 0.2) is 0 Å². The van der Waals surface area contributed by atoms with E-state index in [-0.39, 0.29) is 5.92 Å². The zero-order chi connectivity index (χ0) is 12.7. The molecule has 0 heterocycles. The molecule has 0 aliphatic rings. The van der Waals surface area contributed by atoms with E-state index in [4.69, 9.17) is 4.74 Å². The van der Waals surface area contributed by atoms with Crippen molar-refractivity contribution in [3.8, 4) is 5.75 Å². The normalized spacial score (nSPS) is 11.6. The maximum atomic E-state index is 10.9. The second-order valence-corrected chi connectivity index (χ2v) is 4.33. The molecule has 0 bridgehead atoms. The fourth-order valence-corrected chi connectivity index (χ4v) is 1.41. The third-order valence-electron chi connectivity index (χ3n) is 2.49. The average Bonchev–Trinajstić information content (AvgIpc) is 2.34. The van der Waals surface area contributed by atoms with Crippen molar-refractivity contribution in [3.05, 3.63) is 35.4 Å². The number of benzene rings is 1. The van der Waals surface area contributed by atoms with Gasteiger partial charge in [0.05, 0.1) is 6.61 Å². The Kier molecular flexibility index (Phi) is 5.47. The van der Waals surface area contributed by atoms with Crippen molar-refractivity contribution in [1.29, 1.82) is 0 Å². The molecule has 0 N–H and O–H groups in total. The van der Waals surface area contributed by atoms with Gasteiger partial charge >= 0.3 is 0 Å². The van der Waals surface area contributed by atoms with Crippen LogP contribution in [0.1, 0.15) is 32.8 Å². The van der Waals surface area contributed by atoms with Gasteiger partial charge in [-0.3, -0.25) is 4.79 Å². The summed E-state index contributed by atoms with van der Waals surface area (Å²) in [6.07, 6.45) is 3.84. The van der Waals surface area contributed by atoms with Crippen molar-refractivity contribution in [2.24, 2.45) is 5.92 Å². The Labute approximate surface area is 103 Å². The summed E-state index contributed by atoms with van der Waals surface area (Å²) in [6.45, 7) is 6.84. The van der Waals surface area contributed by atoms with Gasteiger partial charge in [0.1, 0.15) is 12.0 Å². The molecular weight excluding hydrogens is 212 g/mol. The molecule has 2 heteroatoms. The van der Waals surface area contributed by atoms with Gasteiger partial charge in [0, 0.05) is 0 Å². The van der Waals surface area contributed by atoms with E-state index in [9.17, 15) is 4.79 Å². The highest BCUT2D eigenvalue weighted by Gasteiger charge is 2.01. The number of hydrogen-bond donors (Lipinski definition) is 0. The lowest BCUT2D eigenvalue weighted by Gasteiger charge is -2.06. The van der Waals surface area contributed by atoms with Crippen molar-refractivity contribution in [2.75, 3.05) is 6.61 Å². The molecule has 0 atom stereocenters. The summed E-state index contributed by atoms with van der Waals surface area (Å²) in [5, 5.41) is 0. The summed E-state index contributed by atoms with van der Waals surface area (Å²) < 4.78 is 5.50. The average molecular weight is 232 g/mol. The highest BCUT2D eigenvalue weighted by Crippen LogP contribution is 2.16. The molecule has 1 aromatic carbocycles.